The minimum Gasteiger partial charge on any atom is -0.390 e. The number of hydrogen-bond donors (Lipinski definition) is 2. The predicted octanol–water partition coefficient (Wildman–Crippen LogP) is 0.0836. The molecule has 1 aromatic heterocycles. The van der Waals surface area contributed by atoms with E-state index in [4.69, 9.17) is 10.2 Å². The normalized spacial score (nSPS) is 9.44. The number of aromatic nitrogens is 2. The van der Waals surface area contributed by atoms with Gasteiger partial charge in [-0.25, -0.2) is 0 Å². The quantitative estimate of drug-likeness (QED) is 0.590. The van der Waals surface area contributed by atoms with E-state index in [1.165, 1.54) is 0 Å². The molecule has 5 heteroatoms. The zero-order chi connectivity index (χ0) is 6.69. The number of nitrogens with one attached hydrogen (secondary N) is 1. The Morgan fingerprint density at radius 1 is 1.67 bits per heavy atom. The molecule has 0 amide bonds. The van der Waals surface area contributed by atoms with Gasteiger partial charge in [0.1, 0.15) is 0 Å². The SMILES string of the molecule is CCNc1nnc(N)o1. The molecular weight excluding hydrogens is 120 g/mol. The maximum Gasteiger partial charge on any atom is 0.316 e. The van der Waals surface area contributed by atoms with E-state index >= 15 is 0 Å². The van der Waals surface area contributed by atoms with Crippen LogP contribution in [0.1, 0.15) is 6.92 Å². The maximum absolute atomic E-state index is 5.13. The average Bonchev–Trinajstić information content (AvgIpc) is 2.17. The fourth-order valence-electron chi connectivity index (χ4n) is 0.457. The summed E-state index contributed by atoms with van der Waals surface area (Å²) in [5, 5.41) is 9.79. The Hall–Kier alpha value is -1.26. The fraction of sp³-hybridized carbons (Fsp3) is 0.500. The first-order valence-corrected chi connectivity index (χ1v) is 2.65. The third-order valence-corrected chi connectivity index (χ3v) is 0.769. The number of nitrogens with two attached hydrogens (primary N) is 1. The summed E-state index contributed by atoms with van der Waals surface area (Å²) in [6.45, 7) is 2.68. The zero-order valence-corrected chi connectivity index (χ0v) is 5.09. The molecule has 0 saturated carbocycles. The van der Waals surface area contributed by atoms with Crippen LogP contribution in [0.4, 0.5) is 12.0 Å². The van der Waals surface area contributed by atoms with E-state index in [-0.39, 0.29) is 6.01 Å². The van der Waals surface area contributed by atoms with Crippen LogP contribution in [-0.2, 0) is 0 Å². The molecule has 9 heavy (non-hydrogen) atoms. The van der Waals surface area contributed by atoms with E-state index in [1.807, 2.05) is 6.92 Å². The molecule has 50 valence electrons. The standard InChI is InChI=1S/C4H8N4O/c1-2-6-4-8-7-3(5)9-4/h2H2,1H3,(H2,5,7)(H,6,8). The molecule has 0 radical (unpaired) electrons. The lowest BCUT2D eigenvalue weighted by atomic mass is 10.8. The predicted molar refractivity (Wildman–Crippen MR) is 32.9 cm³/mol. The highest BCUT2D eigenvalue weighted by Crippen LogP contribution is 2.04. The minimum absolute atomic E-state index is 0.0888. The molecule has 1 rings (SSSR count). The van der Waals surface area contributed by atoms with Crippen molar-refractivity contribution in [3.63, 3.8) is 0 Å². The van der Waals surface area contributed by atoms with Gasteiger partial charge in [0.2, 0.25) is 0 Å². The number of hydrogen-bond acceptors (Lipinski definition) is 5. The number of rotatable bonds is 2. The van der Waals surface area contributed by atoms with Gasteiger partial charge in [0.25, 0.3) is 0 Å². The maximum atomic E-state index is 5.13. The lowest BCUT2D eigenvalue weighted by Gasteiger charge is -1.89. The van der Waals surface area contributed by atoms with Crippen LogP contribution in [0, 0.1) is 0 Å². The van der Waals surface area contributed by atoms with Gasteiger partial charge in [-0.05, 0) is 6.92 Å². The number of anilines is 2. The summed E-state index contributed by atoms with van der Waals surface area (Å²) in [6, 6.07) is 0.459. The molecule has 5 nitrogen and oxygen atoms in total. The van der Waals surface area contributed by atoms with Gasteiger partial charge in [-0.15, -0.1) is 0 Å². The van der Waals surface area contributed by atoms with Crippen molar-refractivity contribution in [2.45, 2.75) is 6.92 Å². The van der Waals surface area contributed by atoms with Crippen LogP contribution in [0.3, 0.4) is 0 Å². The minimum atomic E-state index is 0.0888. The van der Waals surface area contributed by atoms with E-state index in [1.54, 1.807) is 0 Å². The van der Waals surface area contributed by atoms with Crippen LogP contribution in [0.15, 0.2) is 4.42 Å². The topological polar surface area (TPSA) is 77.0 Å². The Morgan fingerprint density at radius 2 is 2.44 bits per heavy atom. The van der Waals surface area contributed by atoms with Crippen LogP contribution in [-0.4, -0.2) is 16.7 Å². The van der Waals surface area contributed by atoms with Crippen molar-refractivity contribution >= 4 is 12.0 Å². The summed E-state index contributed by atoms with van der Waals surface area (Å²) in [6.07, 6.45) is 0. The second-order valence-electron chi connectivity index (χ2n) is 1.48. The molecule has 0 saturated heterocycles. The summed E-state index contributed by atoms with van der Waals surface area (Å²) in [4.78, 5) is 0. The third-order valence-electron chi connectivity index (χ3n) is 0.769. The van der Waals surface area contributed by atoms with Gasteiger partial charge in [-0.1, -0.05) is 10.2 Å². The van der Waals surface area contributed by atoms with E-state index in [2.05, 4.69) is 15.5 Å². The first kappa shape index (κ1) is 5.87. The number of nitrogens with zero attached hydrogens (tertiary/aromatic N) is 2. The first-order valence-electron chi connectivity index (χ1n) is 2.65. The van der Waals surface area contributed by atoms with Crippen LogP contribution in [0.25, 0.3) is 0 Å². The molecule has 0 unspecified atom stereocenters. The van der Waals surface area contributed by atoms with Gasteiger partial charge in [-0.2, -0.15) is 0 Å². The highest BCUT2D eigenvalue weighted by atomic mass is 16.4. The zero-order valence-electron chi connectivity index (χ0n) is 5.09. The molecule has 3 N–H and O–H groups in total. The molecule has 0 bridgehead atoms. The van der Waals surface area contributed by atoms with Gasteiger partial charge in [0, 0.05) is 6.54 Å². The Kier molecular flexibility index (Phi) is 1.53. The van der Waals surface area contributed by atoms with Crippen LogP contribution >= 0.6 is 0 Å². The Morgan fingerprint density at radius 3 is 2.89 bits per heavy atom. The smallest absolute Gasteiger partial charge is 0.316 e. The molecule has 0 atom stereocenters. The fourth-order valence-corrected chi connectivity index (χ4v) is 0.457. The molecule has 0 aliphatic heterocycles. The van der Waals surface area contributed by atoms with E-state index in [9.17, 15) is 0 Å². The van der Waals surface area contributed by atoms with Gasteiger partial charge in [-0.3, -0.25) is 0 Å². The summed E-state index contributed by atoms with van der Waals surface area (Å²) >= 11 is 0. The summed E-state index contributed by atoms with van der Waals surface area (Å²) in [5.74, 6) is 0. The Bertz CT molecular complexity index is 184. The second-order valence-corrected chi connectivity index (χ2v) is 1.48. The monoisotopic (exact) mass is 128 g/mol. The summed E-state index contributed by atoms with van der Waals surface area (Å²) in [7, 11) is 0. The first-order chi connectivity index (χ1) is 4.33. The summed E-state index contributed by atoms with van der Waals surface area (Å²) < 4.78 is 4.77. The van der Waals surface area contributed by atoms with Gasteiger partial charge in [0.15, 0.2) is 0 Å². The molecule has 1 aromatic rings. The molecular formula is C4H8N4O. The van der Waals surface area contributed by atoms with E-state index < -0.39 is 0 Å². The Balaban J connectivity index is 2.61. The lowest BCUT2D eigenvalue weighted by Crippen LogP contribution is -1.95. The van der Waals surface area contributed by atoms with Gasteiger partial charge < -0.3 is 15.5 Å². The van der Waals surface area contributed by atoms with Gasteiger partial charge >= 0.3 is 12.0 Å². The Labute approximate surface area is 52.3 Å². The highest BCUT2D eigenvalue weighted by molar-refractivity contribution is 5.21. The van der Waals surface area contributed by atoms with Crippen molar-refractivity contribution in [3.05, 3.63) is 0 Å². The molecule has 0 aliphatic rings. The van der Waals surface area contributed by atoms with Crippen molar-refractivity contribution in [1.82, 2.24) is 10.2 Å². The van der Waals surface area contributed by atoms with Crippen LogP contribution in [0.5, 0.6) is 0 Å². The van der Waals surface area contributed by atoms with E-state index in [0.717, 1.165) is 6.54 Å². The van der Waals surface area contributed by atoms with Crippen molar-refractivity contribution in [2.75, 3.05) is 17.6 Å². The highest BCUT2D eigenvalue weighted by Gasteiger charge is 1.97. The molecule has 0 aliphatic carbocycles. The van der Waals surface area contributed by atoms with Crippen molar-refractivity contribution in [3.8, 4) is 0 Å². The van der Waals surface area contributed by atoms with Crippen molar-refractivity contribution < 1.29 is 4.42 Å². The summed E-state index contributed by atoms with van der Waals surface area (Å²) in [5.41, 5.74) is 5.13. The van der Waals surface area contributed by atoms with Gasteiger partial charge in [0.05, 0.1) is 0 Å². The van der Waals surface area contributed by atoms with Crippen LogP contribution in [0.2, 0.25) is 0 Å². The average molecular weight is 128 g/mol. The largest absolute Gasteiger partial charge is 0.390 e. The number of nitrogen functional groups attached to an aromatic ring is 1. The molecule has 0 spiro atoms. The van der Waals surface area contributed by atoms with Crippen molar-refractivity contribution in [1.29, 1.82) is 0 Å². The third kappa shape index (κ3) is 1.31. The second kappa shape index (κ2) is 2.34. The van der Waals surface area contributed by atoms with E-state index in [0.29, 0.717) is 6.01 Å². The molecule has 0 aromatic carbocycles. The lowest BCUT2D eigenvalue weighted by molar-refractivity contribution is 0.588. The molecule has 1 heterocycles. The van der Waals surface area contributed by atoms with Crippen LogP contribution < -0.4 is 11.1 Å². The molecule has 0 fully saturated rings. The van der Waals surface area contributed by atoms with Crippen molar-refractivity contribution in [2.24, 2.45) is 0 Å².